The molecule has 0 atom stereocenters. The van der Waals surface area contributed by atoms with E-state index < -0.39 is 10.7 Å². The Morgan fingerprint density at radius 2 is 2.21 bits per heavy atom. The van der Waals surface area contributed by atoms with Gasteiger partial charge in [0.05, 0.1) is 9.40 Å². The van der Waals surface area contributed by atoms with Crippen LogP contribution in [0.5, 0.6) is 0 Å². The lowest BCUT2D eigenvalue weighted by Crippen LogP contribution is -2.02. The van der Waals surface area contributed by atoms with Crippen molar-refractivity contribution >= 4 is 27.6 Å². The molecule has 2 aromatic rings. The molecule has 0 bridgehead atoms. The molecule has 8 heteroatoms. The van der Waals surface area contributed by atoms with Gasteiger partial charge in [-0.05, 0) is 28.1 Å². The van der Waals surface area contributed by atoms with Crippen LogP contribution >= 0.6 is 15.9 Å². The molecule has 98 valence electrons. The van der Waals surface area contributed by atoms with Crippen LogP contribution in [-0.2, 0) is 0 Å². The summed E-state index contributed by atoms with van der Waals surface area (Å²) in [4.78, 5) is 18.0. The number of halogens is 2. The van der Waals surface area contributed by atoms with Gasteiger partial charge < -0.3 is 5.32 Å². The van der Waals surface area contributed by atoms with Gasteiger partial charge in [-0.15, -0.1) is 0 Å². The van der Waals surface area contributed by atoms with Gasteiger partial charge in [-0.2, -0.15) is 0 Å². The van der Waals surface area contributed by atoms with E-state index in [0.29, 0.717) is 0 Å². The van der Waals surface area contributed by atoms with E-state index in [1.54, 1.807) is 13.1 Å². The van der Waals surface area contributed by atoms with Gasteiger partial charge in [-0.3, -0.25) is 10.1 Å². The average Bonchev–Trinajstić information content (AvgIpc) is 2.41. The normalized spacial score (nSPS) is 10.3. The van der Waals surface area contributed by atoms with Crippen LogP contribution in [-0.4, -0.2) is 21.9 Å². The molecule has 0 unspecified atom stereocenters. The maximum atomic E-state index is 14.0. The summed E-state index contributed by atoms with van der Waals surface area (Å²) in [5.74, 6) is -0.425. The molecule has 0 aliphatic heterocycles. The first kappa shape index (κ1) is 13.3. The Hall–Kier alpha value is -2.09. The standard InChI is InChI=1S/C11H8BrFN4O2/c1-14-11-15-5-8(17(18)19)10(16-11)6-3-2-4-7(12)9(6)13/h2-5H,1H3,(H,14,15,16). The first-order chi connectivity index (χ1) is 9.04. The van der Waals surface area contributed by atoms with Gasteiger partial charge in [-0.25, -0.2) is 14.4 Å². The zero-order valence-electron chi connectivity index (χ0n) is 9.72. The molecule has 0 saturated heterocycles. The molecule has 2 rings (SSSR count). The molecule has 0 aliphatic carbocycles. The number of rotatable bonds is 3. The number of nitrogens with zero attached hydrogens (tertiary/aromatic N) is 3. The number of nitro groups is 1. The molecule has 0 spiro atoms. The Kier molecular flexibility index (Phi) is 3.70. The Balaban J connectivity index is 2.72. The van der Waals surface area contributed by atoms with E-state index >= 15 is 0 Å². The second kappa shape index (κ2) is 5.27. The summed E-state index contributed by atoms with van der Waals surface area (Å²) in [6, 6.07) is 4.51. The van der Waals surface area contributed by atoms with Crippen molar-refractivity contribution in [1.82, 2.24) is 9.97 Å². The number of aromatic nitrogens is 2. The molecule has 1 aromatic carbocycles. The van der Waals surface area contributed by atoms with Gasteiger partial charge in [0.2, 0.25) is 5.95 Å². The van der Waals surface area contributed by atoms with Crippen LogP contribution in [0, 0.1) is 15.9 Å². The van der Waals surface area contributed by atoms with Crippen LogP contribution in [0.2, 0.25) is 0 Å². The zero-order chi connectivity index (χ0) is 14.0. The lowest BCUT2D eigenvalue weighted by molar-refractivity contribution is -0.384. The summed E-state index contributed by atoms with van der Waals surface area (Å²) in [6.07, 6.45) is 1.05. The highest BCUT2D eigenvalue weighted by Gasteiger charge is 2.22. The minimum absolute atomic E-state index is 0.0416. The van der Waals surface area contributed by atoms with Gasteiger partial charge in [-0.1, -0.05) is 6.07 Å². The van der Waals surface area contributed by atoms with Crippen molar-refractivity contribution in [2.75, 3.05) is 12.4 Å². The van der Waals surface area contributed by atoms with Gasteiger partial charge in [0, 0.05) is 12.6 Å². The molecule has 1 heterocycles. The molecule has 0 saturated carbocycles. The van der Waals surface area contributed by atoms with Gasteiger partial charge in [0.15, 0.2) is 5.69 Å². The molecule has 0 amide bonds. The molecule has 0 fully saturated rings. The van der Waals surface area contributed by atoms with E-state index in [-0.39, 0.29) is 27.4 Å². The average molecular weight is 327 g/mol. The van der Waals surface area contributed by atoms with Crippen LogP contribution < -0.4 is 5.32 Å². The molecule has 0 aliphatic rings. The van der Waals surface area contributed by atoms with Gasteiger partial charge in [0.1, 0.15) is 12.0 Å². The van der Waals surface area contributed by atoms with Crippen LogP contribution in [0.3, 0.4) is 0 Å². The second-order valence-corrected chi connectivity index (χ2v) is 4.39. The van der Waals surface area contributed by atoms with Gasteiger partial charge in [0.25, 0.3) is 0 Å². The summed E-state index contributed by atoms with van der Waals surface area (Å²) in [5.41, 5.74) is -0.376. The fourth-order valence-corrected chi connectivity index (χ4v) is 1.88. The first-order valence-corrected chi connectivity index (χ1v) is 5.97. The predicted molar refractivity (Wildman–Crippen MR) is 71.3 cm³/mol. The first-order valence-electron chi connectivity index (χ1n) is 5.18. The topological polar surface area (TPSA) is 81.0 Å². The largest absolute Gasteiger partial charge is 0.357 e. The molecule has 6 nitrogen and oxygen atoms in total. The third-order valence-corrected chi connectivity index (χ3v) is 3.01. The van der Waals surface area contributed by atoms with Crippen molar-refractivity contribution in [3.8, 4) is 11.3 Å². The third-order valence-electron chi connectivity index (χ3n) is 2.40. The highest BCUT2D eigenvalue weighted by Crippen LogP contribution is 2.32. The Bertz CT molecular complexity index is 651. The van der Waals surface area contributed by atoms with Crippen molar-refractivity contribution in [2.45, 2.75) is 0 Å². The van der Waals surface area contributed by atoms with E-state index in [1.807, 2.05) is 0 Å². The van der Waals surface area contributed by atoms with Crippen LogP contribution in [0.1, 0.15) is 0 Å². The SMILES string of the molecule is CNc1ncc([N+](=O)[O-])c(-c2cccc(Br)c2F)n1. The number of anilines is 1. The maximum Gasteiger partial charge on any atom is 0.313 e. The van der Waals surface area contributed by atoms with Crippen molar-refractivity contribution < 1.29 is 9.31 Å². The number of benzene rings is 1. The van der Waals surface area contributed by atoms with E-state index in [0.717, 1.165) is 6.20 Å². The quantitative estimate of drug-likeness (QED) is 0.692. The van der Waals surface area contributed by atoms with E-state index in [9.17, 15) is 14.5 Å². The number of nitrogens with one attached hydrogen (secondary N) is 1. The van der Waals surface area contributed by atoms with E-state index in [4.69, 9.17) is 0 Å². The highest BCUT2D eigenvalue weighted by molar-refractivity contribution is 9.10. The molecule has 19 heavy (non-hydrogen) atoms. The summed E-state index contributed by atoms with van der Waals surface area (Å²) in [7, 11) is 1.57. The van der Waals surface area contributed by atoms with Crippen molar-refractivity contribution in [3.63, 3.8) is 0 Å². The smallest absolute Gasteiger partial charge is 0.313 e. The van der Waals surface area contributed by atoms with Crippen LogP contribution in [0.25, 0.3) is 11.3 Å². The maximum absolute atomic E-state index is 14.0. The lowest BCUT2D eigenvalue weighted by atomic mass is 10.1. The Morgan fingerprint density at radius 1 is 1.47 bits per heavy atom. The monoisotopic (exact) mass is 326 g/mol. The summed E-state index contributed by atoms with van der Waals surface area (Å²) in [5, 5.41) is 13.6. The van der Waals surface area contributed by atoms with Crippen molar-refractivity contribution in [2.24, 2.45) is 0 Å². The lowest BCUT2D eigenvalue weighted by Gasteiger charge is -2.06. The summed E-state index contributed by atoms with van der Waals surface area (Å²) in [6.45, 7) is 0. The fourth-order valence-electron chi connectivity index (χ4n) is 1.51. The molecular formula is C11H8BrFN4O2. The number of hydrogen-bond acceptors (Lipinski definition) is 5. The molecular weight excluding hydrogens is 319 g/mol. The highest BCUT2D eigenvalue weighted by atomic mass is 79.9. The minimum Gasteiger partial charge on any atom is -0.357 e. The van der Waals surface area contributed by atoms with Crippen LogP contribution in [0.15, 0.2) is 28.9 Å². The van der Waals surface area contributed by atoms with E-state index in [1.165, 1.54) is 12.1 Å². The molecule has 1 N–H and O–H groups in total. The van der Waals surface area contributed by atoms with E-state index in [2.05, 4.69) is 31.2 Å². The molecule has 0 radical (unpaired) electrons. The molecule has 1 aromatic heterocycles. The van der Waals surface area contributed by atoms with Gasteiger partial charge >= 0.3 is 5.69 Å². The summed E-state index contributed by atoms with van der Waals surface area (Å²) < 4.78 is 14.2. The Labute approximate surface area is 116 Å². The third kappa shape index (κ3) is 2.53. The minimum atomic E-state index is -0.644. The zero-order valence-corrected chi connectivity index (χ0v) is 11.3. The van der Waals surface area contributed by atoms with Crippen molar-refractivity contribution in [3.05, 3.63) is 44.8 Å². The predicted octanol–water partition coefficient (Wildman–Crippen LogP) is 3.00. The van der Waals surface area contributed by atoms with Crippen LogP contribution in [0.4, 0.5) is 16.0 Å². The second-order valence-electron chi connectivity index (χ2n) is 3.54. The number of hydrogen-bond donors (Lipinski definition) is 1. The fraction of sp³-hybridized carbons (Fsp3) is 0.0909. The summed E-state index contributed by atoms with van der Waals surface area (Å²) >= 11 is 3.04. The Morgan fingerprint density at radius 3 is 2.84 bits per heavy atom. The van der Waals surface area contributed by atoms with Crippen molar-refractivity contribution in [1.29, 1.82) is 0 Å².